The van der Waals surface area contributed by atoms with Gasteiger partial charge in [0, 0.05) is 60.4 Å². The van der Waals surface area contributed by atoms with Crippen LogP contribution < -0.4 is 0 Å². The SMILES string of the molecule is CCCCCCCCCCCCCCCCn1c2ccc(C#Cc3ccc(S)cc3)cc2c2cc(C#Cc3ccc(S)cc3)ccc21. The summed E-state index contributed by atoms with van der Waals surface area (Å²) in [5, 5.41) is 2.48. The van der Waals surface area contributed by atoms with E-state index >= 15 is 0 Å². The molecule has 0 spiro atoms. The second kappa shape index (κ2) is 18.7. The maximum atomic E-state index is 4.40. The van der Waals surface area contributed by atoms with Gasteiger partial charge in [-0.3, -0.25) is 0 Å². The predicted octanol–water partition coefficient (Wildman–Crippen LogP) is 12.7. The van der Waals surface area contributed by atoms with Gasteiger partial charge in [-0.15, -0.1) is 25.3 Å². The van der Waals surface area contributed by atoms with Gasteiger partial charge < -0.3 is 4.57 Å². The molecule has 4 aromatic carbocycles. The molecule has 0 unspecified atom stereocenters. The molecule has 0 atom stereocenters. The third-order valence-electron chi connectivity index (χ3n) is 9.04. The normalized spacial score (nSPS) is 11.0. The number of aromatic nitrogens is 1. The van der Waals surface area contributed by atoms with Crippen molar-refractivity contribution in [3.05, 3.63) is 107 Å². The van der Waals surface area contributed by atoms with Crippen LogP contribution in [-0.2, 0) is 6.54 Å². The smallest absolute Gasteiger partial charge is 0.0492 e. The molecule has 0 amide bonds. The van der Waals surface area contributed by atoms with Gasteiger partial charge in [-0.1, -0.05) is 114 Å². The first-order valence-corrected chi connectivity index (χ1v) is 18.7. The molecule has 0 fully saturated rings. The molecule has 1 nitrogen and oxygen atoms in total. The van der Waals surface area contributed by atoms with Crippen LogP contribution in [0.5, 0.6) is 0 Å². The summed E-state index contributed by atoms with van der Waals surface area (Å²) in [6.07, 6.45) is 19.3. The highest BCUT2D eigenvalue weighted by molar-refractivity contribution is 7.80. The van der Waals surface area contributed by atoms with Gasteiger partial charge in [-0.05, 0) is 91.3 Å². The van der Waals surface area contributed by atoms with Crippen LogP contribution in [0.3, 0.4) is 0 Å². The Hall–Kier alpha value is -3.50. The van der Waals surface area contributed by atoms with Gasteiger partial charge in [0.1, 0.15) is 0 Å². The minimum atomic E-state index is 0.946. The molecule has 0 aliphatic carbocycles. The van der Waals surface area contributed by atoms with Crippen molar-refractivity contribution in [3.8, 4) is 23.7 Å². The molecule has 0 saturated carbocycles. The summed E-state index contributed by atoms with van der Waals surface area (Å²) in [7, 11) is 0. The molecule has 5 rings (SSSR count). The standard InChI is InChI=1S/C44H49NS2/c1-2-3-4-5-6-7-8-9-10-11-12-13-14-15-32-45-43-30-24-37(18-16-35-20-26-39(46)27-21-35)33-41(43)42-34-38(25-31-44(42)45)19-17-36-22-28-40(47)29-23-36/h20-31,33-34,46-47H,2-15,32H2,1H3. The number of hydrogen-bond donors (Lipinski definition) is 2. The Morgan fingerprint density at radius 2 is 0.766 bits per heavy atom. The van der Waals surface area contributed by atoms with Crippen LogP contribution in [0.15, 0.2) is 94.7 Å². The summed E-state index contributed by atoms with van der Waals surface area (Å²) in [6, 6.07) is 29.3. The first-order valence-electron chi connectivity index (χ1n) is 17.8. The minimum absolute atomic E-state index is 0.946. The number of hydrogen-bond acceptors (Lipinski definition) is 2. The van der Waals surface area contributed by atoms with E-state index in [1.54, 1.807) is 0 Å². The maximum absolute atomic E-state index is 4.40. The lowest BCUT2D eigenvalue weighted by molar-refractivity contribution is 0.528. The number of nitrogens with zero attached hydrogens (tertiary/aromatic N) is 1. The second-order valence-electron chi connectivity index (χ2n) is 12.8. The van der Waals surface area contributed by atoms with Crippen LogP contribution in [-0.4, -0.2) is 4.57 Å². The molecule has 1 aromatic heterocycles. The number of fused-ring (bicyclic) bond motifs is 3. The predicted molar refractivity (Wildman–Crippen MR) is 209 cm³/mol. The van der Waals surface area contributed by atoms with Crippen LogP contribution in [0.2, 0.25) is 0 Å². The third-order valence-corrected chi connectivity index (χ3v) is 9.63. The van der Waals surface area contributed by atoms with Crippen LogP contribution in [0.4, 0.5) is 0 Å². The fraction of sp³-hybridized carbons (Fsp3) is 0.364. The molecule has 1 heterocycles. The average Bonchev–Trinajstić information content (AvgIpc) is 3.40. The van der Waals surface area contributed by atoms with E-state index < -0.39 is 0 Å². The highest BCUT2D eigenvalue weighted by atomic mass is 32.1. The van der Waals surface area contributed by atoms with Gasteiger partial charge in [-0.2, -0.15) is 0 Å². The summed E-state index contributed by atoms with van der Waals surface area (Å²) in [5.41, 5.74) is 6.57. The monoisotopic (exact) mass is 655 g/mol. The molecular weight excluding hydrogens is 607 g/mol. The fourth-order valence-corrected chi connectivity index (χ4v) is 6.64. The number of unbranched alkanes of at least 4 members (excludes halogenated alkanes) is 13. The maximum Gasteiger partial charge on any atom is 0.0492 e. The van der Waals surface area contributed by atoms with E-state index in [0.29, 0.717) is 0 Å². The Morgan fingerprint density at radius 3 is 1.17 bits per heavy atom. The number of benzene rings is 4. The summed E-state index contributed by atoms with van der Waals surface area (Å²) < 4.78 is 2.51. The topological polar surface area (TPSA) is 4.93 Å². The summed E-state index contributed by atoms with van der Waals surface area (Å²) >= 11 is 8.80. The van der Waals surface area contributed by atoms with E-state index in [9.17, 15) is 0 Å². The van der Waals surface area contributed by atoms with Crippen LogP contribution in [0.25, 0.3) is 21.8 Å². The summed E-state index contributed by atoms with van der Waals surface area (Å²) in [5.74, 6) is 13.4. The average molecular weight is 656 g/mol. The van der Waals surface area contributed by atoms with Gasteiger partial charge in [0.2, 0.25) is 0 Å². The zero-order valence-corrected chi connectivity index (χ0v) is 29.8. The minimum Gasteiger partial charge on any atom is -0.340 e. The Kier molecular flexibility index (Phi) is 13.9. The molecule has 0 bridgehead atoms. The van der Waals surface area contributed by atoms with Crippen LogP contribution in [0.1, 0.15) is 119 Å². The van der Waals surface area contributed by atoms with Gasteiger partial charge in [0.05, 0.1) is 0 Å². The van der Waals surface area contributed by atoms with Gasteiger partial charge in [0.25, 0.3) is 0 Å². The number of thiol groups is 2. The molecule has 0 radical (unpaired) electrons. The van der Waals surface area contributed by atoms with Crippen molar-refractivity contribution in [2.24, 2.45) is 0 Å². The van der Waals surface area contributed by atoms with E-state index in [0.717, 1.165) is 38.6 Å². The first kappa shape index (κ1) is 34.8. The third kappa shape index (κ3) is 10.8. The van der Waals surface area contributed by atoms with Crippen molar-refractivity contribution in [3.63, 3.8) is 0 Å². The largest absolute Gasteiger partial charge is 0.340 e. The Balaban J connectivity index is 1.24. The second-order valence-corrected chi connectivity index (χ2v) is 13.8. The lowest BCUT2D eigenvalue weighted by Crippen LogP contribution is -1.98. The van der Waals surface area contributed by atoms with Gasteiger partial charge in [-0.25, -0.2) is 0 Å². The molecule has 0 N–H and O–H groups in total. The molecule has 47 heavy (non-hydrogen) atoms. The summed E-state index contributed by atoms with van der Waals surface area (Å²) in [6.45, 7) is 3.32. The summed E-state index contributed by atoms with van der Waals surface area (Å²) in [4.78, 5) is 1.89. The Bertz CT molecular complexity index is 1720. The van der Waals surface area contributed by atoms with Crippen molar-refractivity contribution in [1.82, 2.24) is 4.57 Å². The highest BCUT2D eigenvalue weighted by Crippen LogP contribution is 2.31. The van der Waals surface area contributed by atoms with Crippen molar-refractivity contribution in [2.75, 3.05) is 0 Å². The first-order chi connectivity index (χ1) is 23.1. The number of aryl methyl sites for hydroxylation is 1. The van der Waals surface area contributed by atoms with Crippen LogP contribution in [0, 0.1) is 23.7 Å². The lowest BCUT2D eigenvalue weighted by Gasteiger charge is -2.08. The molecule has 242 valence electrons. The van der Waals surface area contributed by atoms with E-state index in [-0.39, 0.29) is 0 Å². The molecule has 0 saturated heterocycles. The lowest BCUT2D eigenvalue weighted by atomic mass is 10.0. The zero-order chi connectivity index (χ0) is 32.7. The van der Waals surface area contributed by atoms with Crippen molar-refractivity contribution < 1.29 is 0 Å². The molecule has 0 aliphatic heterocycles. The van der Waals surface area contributed by atoms with Crippen molar-refractivity contribution in [2.45, 2.75) is 113 Å². The highest BCUT2D eigenvalue weighted by Gasteiger charge is 2.12. The zero-order valence-electron chi connectivity index (χ0n) is 28.0. The van der Waals surface area contributed by atoms with E-state index in [4.69, 9.17) is 0 Å². The van der Waals surface area contributed by atoms with Gasteiger partial charge >= 0.3 is 0 Å². The fourth-order valence-electron chi connectivity index (χ4n) is 6.34. The molecule has 0 aliphatic rings. The molecule has 3 heteroatoms. The van der Waals surface area contributed by atoms with Crippen molar-refractivity contribution >= 4 is 47.1 Å². The Labute approximate surface area is 294 Å². The number of rotatable bonds is 15. The van der Waals surface area contributed by atoms with E-state index in [1.807, 2.05) is 48.5 Å². The van der Waals surface area contributed by atoms with E-state index in [1.165, 1.54) is 112 Å². The Morgan fingerprint density at radius 1 is 0.426 bits per heavy atom. The van der Waals surface area contributed by atoms with E-state index in [2.05, 4.69) is 96.8 Å². The quantitative estimate of drug-likeness (QED) is 0.0629. The van der Waals surface area contributed by atoms with Crippen LogP contribution >= 0.6 is 25.3 Å². The molecule has 5 aromatic rings. The van der Waals surface area contributed by atoms with Crippen molar-refractivity contribution in [1.29, 1.82) is 0 Å². The molecular formula is C44H49NS2. The van der Waals surface area contributed by atoms with Gasteiger partial charge in [0.15, 0.2) is 0 Å².